The van der Waals surface area contributed by atoms with Crippen LogP contribution in [0.15, 0.2) is 33.5 Å². The number of benzene rings is 2. The van der Waals surface area contributed by atoms with Crippen molar-refractivity contribution >= 4 is 16.9 Å². The van der Waals surface area contributed by atoms with Crippen LogP contribution in [0.25, 0.3) is 11.0 Å². The van der Waals surface area contributed by atoms with E-state index >= 15 is 0 Å². The number of carbonyl (C=O) groups excluding carboxylic acids is 1. The molecule has 3 aromatic rings. The van der Waals surface area contributed by atoms with E-state index in [2.05, 4.69) is 4.90 Å². The van der Waals surface area contributed by atoms with Crippen molar-refractivity contribution in [3.05, 3.63) is 62.5 Å². The maximum atomic E-state index is 13.9. The Bertz CT molecular complexity index is 1380. The third-order valence-electron chi connectivity index (χ3n) is 7.35. The van der Waals surface area contributed by atoms with Crippen molar-refractivity contribution in [2.75, 3.05) is 60.7 Å². The predicted molar refractivity (Wildman–Crippen MR) is 138 cm³/mol. The van der Waals surface area contributed by atoms with Gasteiger partial charge in [0.2, 0.25) is 11.5 Å². The molecule has 1 amide bonds. The number of hydrogen-bond acceptors (Lipinski definition) is 8. The highest BCUT2D eigenvalue weighted by Crippen LogP contribution is 2.45. The van der Waals surface area contributed by atoms with Crippen LogP contribution in [0.1, 0.15) is 38.9 Å². The molecular weight excluding hydrogens is 476 g/mol. The van der Waals surface area contributed by atoms with Crippen molar-refractivity contribution in [3.8, 4) is 17.2 Å². The van der Waals surface area contributed by atoms with E-state index in [-0.39, 0.29) is 17.1 Å². The predicted octanol–water partition coefficient (Wildman–Crippen LogP) is 3.31. The van der Waals surface area contributed by atoms with Gasteiger partial charge in [-0.05, 0) is 54.8 Å². The highest BCUT2D eigenvalue weighted by Gasteiger charge is 2.43. The molecule has 0 radical (unpaired) electrons. The fraction of sp³-hybridized carbons (Fsp3) is 0.429. The summed E-state index contributed by atoms with van der Waals surface area (Å²) in [6.45, 7) is 7.89. The molecule has 2 aromatic carbocycles. The first-order valence-corrected chi connectivity index (χ1v) is 12.4. The van der Waals surface area contributed by atoms with Crippen LogP contribution in [-0.2, 0) is 4.74 Å². The lowest BCUT2D eigenvalue weighted by Crippen LogP contribution is -2.42. The number of amides is 1. The average molecular weight is 509 g/mol. The molecule has 2 aliphatic heterocycles. The fourth-order valence-corrected chi connectivity index (χ4v) is 5.19. The average Bonchev–Trinajstić information content (AvgIpc) is 3.19. The van der Waals surface area contributed by atoms with Gasteiger partial charge in [-0.25, -0.2) is 0 Å². The van der Waals surface area contributed by atoms with Gasteiger partial charge in [0.1, 0.15) is 5.58 Å². The van der Waals surface area contributed by atoms with E-state index in [1.807, 2.05) is 26.0 Å². The van der Waals surface area contributed by atoms with Gasteiger partial charge < -0.3 is 28.3 Å². The van der Waals surface area contributed by atoms with Crippen LogP contribution in [0.3, 0.4) is 0 Å². The second kappa shape index (κ2) is 10.1. The molecule has 1 unspecified atom stereocenters. The van der Waals surface area contributed by atoms with Gasteiger partial charge in [0.15, 0.2) is 16.9 Å². The van der Waals surface area contributed by atoms with Crippen LogP contribution >= 0.6 is 0 Å². The maximum absolute atomic E-state index is 13.9. The van der Waals surface area contributed by atoms with Crippen molar-refractivity contribution < 1.29 is 28.2 Å². The molecule has 9 nitrogen and oxygen atoms in total. The summed E-state index contributed by atoms with van der Waals surface area (Å²) < 4.78 is 28.3. The van der Waals surface area contributed by atoms with Gasteiger partial charge in [-0.3, -0.25) is 14.5 Å². The first-order chi connectivity index (χ1) is 17.9. The number of morpholine rings is 1. The second-order valence-corrected chi connectivity index (χ2v) is 9.42. The van der Waals surface area contributed by atoms with Crippen molar-refractivity contribution in [3.63, 3.8) is 0 Å². The monoisotopic (exact) mass is 508 g/mol. The number of nitrogens with zero attached hydrogens (tertiary/aromatic N) is 2. The SMILES string of the molecule is COc1cc(C2c3c(oc4cc(C)c(C)cc4c3=O)C(=O)N2CCN2CCOCC2)cc(OC)c1OC. The minimum Gasteiger partial charge on any atom is -0.493 e. The maximum Gasteiger partial charge on any atom is 0.290 e. The van der Waals surface area contributed by atoms with Gasteiger partial charge in [-0.15, -0.1) is 0 Å². The molecule has 0 bridgehead atoms. The van der Waals surface area contributed by atoms with Gasteiger partial charge >= 0.3 is 0 Å². The topological polar surface area (TPSA) is 90.7 Å². The summed E-state index contributed by atoms with van der Waals surface area (Å²) >= 11 is 0. The Balaban J connectivity index is 1.68. The number of aryl methyl sites for hydroxylation is 2. The largest absolute Gasteiger partial charge is 0.493 e. The third-order valence-corrected chi connectivity index (χ3v) is 7.35. The lowest BCUT2D eigenvalue weighted by molar-refractivity contribution is 0.0314. The zero-order chi connectivity index (χ0) is 26.3. The van der Waals surface area contributed by atoms with Gasteiger partial charge in [0.25, 0.3) is 5.91 Å². The highest BCUT2D eigenvalue weighted by atomic mass is 16.5. The molecule has 0 N–H and O–H groups in total. The zero-order valence-electron chi connectivity index (χ0n) is 21.9. The Labute approximate surface area is 215 Å². The molecule has 5 rings (SSSR count). The first-order valence-electron chi connectivity index (χ1n) is 12.4. The van der Waals surface area contributed by atoms with Crippen molar-refractivity contribution in [1.29, 1.82) is 0 Å². The molecule has 37 heavy (non-hydrogen) atoms. The van der Waals surface area contributed by atoms with Gasteiger partial charge in [-0.2, -0.15) is 0 Å². The molecule has 196 valence electrons. The summed E-state index contributed by atoms with van der Waals surface area (Å²) in [5.41, 5.74) is 3.19. The van der Waals surface area contributed by atoms with E-state index < -0.39 is 6.04 Å². The first kappa shape index (κ1) is 25.1. The normalized spacial score (nSPS) is 17.8. The summed E-state index contributed by atoms with van der Waals surface area (Å²) in [6.07, 6.45) is 0. The van der Waals surface area contributed by atoms with E-state index in [0.29, 0.717) is 65.6 Å². The lowest BCUT2D eigenvalue weighted by atomic mass is 9.96. The van der Waals surface area contributed by atoms with Gasteiger partial charge in [0.05, 0.1) is 51.5 Å². The van der Waals surface area contributed by atoms with Crippen LogP contribution in [-0.4, -0.2) is 76.4 Å². The van der Waals surface area contributed by atoms with E-state index in [9.17, 15) is 9.59 Å². The number of methoxy groups -OCH3 is 3. The van der Waals surface area contributed by atoms with E-state index in [1.165, 1.54) is 21.3 Å². The molecule has 0 aliphatic carbocycles. The minimum absolute atomic E-state index is 0.0847. The van der Waals surface area contributed by atoms with E-state index in [0.717, 1.165) is 24.2 Å². The second-order valence-electron chi connectivity index (χ2n) is 9.42. The Morgan fingerprint density at radius 2 is 1.54 bits per heavy atom. The number of carbonyl (C=O) groups is 1. The molecular formula is C28H32N2O7. The molecule has 2 aliphatic rings. The molecule has 1 saturated heterocycles. The fourth-order valence-electron chi connectivity index (χ4n) is 5.19. The van der Waals surface area contributed by atoms with E-state index in [1.54, 1.807) is 17.0 Å². The summed E-state index contributed by atoms with van der Waals surface area (Å²) in [4.78, 5) is 31.7. The Kier molecular flexibility index (Phi) is 6.83. The number of fused-ring (bicyclic) bond motifs is 2. The molecule has 0 spiro atoms. The van der Waals surface area contributed by atoms with Crippen LogP contribution in [0.2, 0.25) is 0 Å². The molecule has 1 fully saturated rings. The van der Waals surface area contributed by atoms with Crippen LogP contribution < -0.4 is 19.6 Å². The van der Waals surface area contributed by atoms with Crippen molar-refractivity contribution in [2.24, 2.45) is 0 Å². The number of hydrogen-bond donors (Lipinski definition) is 0. The molecule has 0 saturated carbocycles. The Morgan fingerprint density at radius 3 is 2.16 bits per heavy atom. The molecule has 1 atom stereocenters. The van der Waals surface area contributed by atoms with Crippen molar-refractivity contribution in [1.82, 2.24) is 9.80 Å². The minimum atomic E-state index is -0.667. The molecule has 9 heteroatoms. The quantitative estimate of drug-likeness (QED) is 0.480. The van der Waals surface area contributed by atoms with Gasteiger partial charge in [0, 0.05) is 26.2 Å². The number of ether oxygens (including phenoxy) is 4. The zero-order valence-corrected chi connectivity index (χ0v) is 21.9. The smallest absolute Gasteiger partial charge is 0.290 e. The van der Waals surface area contributed by atoms with Gasteiger partial charge in [-0.1, -0.05) is 0 Å². The van der Waals surface area contributed by atoms with E-state index in [4.69, 9.17) is 23.4 Å². The number of rotatable bonds is 7. The Morgan fingerprint density at radius 1 is 0.892 bits per heavy atom. The summed E-state index contributed by atoms with van der Waals surface area (Å²) in [5.74, 6) is 1.11. The lowest BCUT2D eigenvalue weighted by Gasteiger charge is -2.31. The summed E-state index contributed by atoms with van der Waals surface area (Å²) in [7, 11) is 4.62. The Hall–Kier alpha value is -3.56. The van der Waals surface area contributed by atoms with Crippen LogP contribution in [0.5, 0.6) is 17.2 Å². The van der Waals surface area contributed by atoms with Crippen molar-refractivity contribution in [2.45, 2.75) is 19.9 Å². The third kappa shape index (κ3) is 4.32. The summed E-state index contributed by atoms with van der Waals surface area (Å²) in [6, 6.07) is 6.58. The highest BCUT2D eigenvalue weighted by molar-refractivity contribution is 5.99. The van der Waals surface area contributed by atoms with Crippen LogP contribution in [0.4, 0.5) is 0 Å². The van der Waals surface area contributed by atoms with Crippen LogP contribution in [0, 0.1) is 13.8 Å². The summed E-state index contributed by atoms with van der Waals surface area (Å²) in [5, 5.41) is 0.460. The molecule has 1 aromatic heterocycles. The molecule has 3 heterocycles. The standard InChI is InChI=1S/C28H32N2O7/c1-16-12-19-20(13-17(16)2)37-27-23(25(19)31)24(18-14-21(33-3)26(35-5)22(15-18)34-4)30(28(27)32)7-6-29-8-10-36-11-9-29/h12-15,24H,6-11H2,1-5H3.